The Morgan fingerprint density at radius 2 is 2.27 bits per heavy atom. The third-order valence-electron chi connectivity index (χ3n) is 2.96. The van der Waals surface area contributed by atoms with Gasteiger partial charge in [-0.1, -0.05) is 21.9 Å². The van der Waals surface area contributed by atoms with E-state index < -0.39 is 0 Å². The smallest absolute Gasteiger partial charge is 0.255 e. The molecule has 3 N–H and O–H groups in total. The second-order valence-corrected chi connectivity index (χ2v) is 5.05. The van der Waals surface area contributed by atoms with Crippen molar-refractivity contribution in [1.29, 1.82) is 0 Å². The first kappa shape index (κ1) is 16.3. The fraction of sp³-hybridized carbons (Fsp3) is 0.357. The van der Waals surface area contributed by atoms with Gasteiger partial charge in [0.15, 0.2) is 0 Å². The van der Waals surface area contributed by atoms with Crippen LogP contribution in [0.3, 0.4) is 0 Å². The van der Waals surface area contributed by atoms with E-state index in [-0.39, 0.29) is 12.5 Å². The van der Waals surface area contributed by atoms with E-state index in [4.69, 9.17) is 22.1 Å². The van der Waals surface area contributed by atoms with Crippen LogP contribution < -0.4 is 15.8 Å². The fourth-order valence-corrected chi connectivity index (χ4v) is 1.90. The zero-order chi connectivity index (χ0) is 15.9. The lowest BCUT2D eigenvalue weighted by Gasteiger charge is -2.11. The normalized spacial score (nSPS) is 10.5. The number of carbonyl (C=O) groups is 1. The van der Waals surface area contributed by atoms with Crippen molar-refractivity contribution in [3.8, 4) is 5.75 Å². The highest BCUT2D eigenvalue weighted by Crippen LogP contribution is 2.23. The van der Waals surface area contributed by atoms with E-state index in [1.807, 2.05) is 0 Å². The molecular weight excluding hydrogens is 308 g/mol. The summed E-state index contributed by atoms with van der Waals surface area (Å²) in [7, 11) is 0. The molecule has 0 unspecified atom stereocenters. The van der Waals surface area contributed by atoms with Crippen LogP contribution in [0.5, 0.6) is 5.75 Å². The number of nitrogens with one attached hydrogen (secondary N) is 1. The second kappa shape index (κ2) is 7.77. The molecule has 0 atom stereocenters. The van der Waals surface area contributed by atoms with Gasteiger partial charge in [-0.2, -0.15) is 0 Å². The molecule has 118 valence electrons. The lowest BCUT2D eigenvalue weighted by molar-refractivity contribution is 0.0946. The first-order valence-electron chi connectivity index (χ1n) is 6.80. The predicted octanol–water partition coefficient (Wildman–Crippen LogP) is 1.69. The first-order valence-corrected chi connectivity index (χ1v) is 7.18. The largest absolute Gasteiger partial charge is 0.493 e. The standard InChI is InChI=1S/C14H17ClN4O3/c1-9-12(19-22-18-9)8-17-14(20)11-4-3-10(15)7-13(11)21-6-2-5-16/h3-4,7H,2,5-6,8,16H2,1H3,(H,17,20). The molecular formula is C14H17ClN4O3. The van der Waals surface area contributed by atoms with Crippen molar-refractivity contribution in [1.82, 2.24) is 15.6 Å². The maximum absolute atomic E-state index is 12.3. The Kier molecular flexibility index (Phi) is 5.74. The van der Waals surface area contributed by atoms with Crippen LogP contribution in [-0.4, -0.2) is 29.4 Å². The Morgan fingerprint density at radius 1 is 1.45 bits per heavy atom. The molecule has 0 aliphatic carbocycles. The van der Waals surface area contributed by atoms with E-state index in [2.05, 4.69) is 20.3 Å². The average Bonchev–Trinajstić information content (AvgIpc) is 2.90. The molecule has 1 heterocycles. The number of aryl methyl sites for hydroxylation is 1. The van der Waals surface area contributed by atoms with Crippen molar-refractivity contribution in [3.63, 3.8) is 0 Å². The van der Waals surface area contributed by atoms with Gasteiger partial charge >= 0.3 is 0 Å². The summed E-state index contributed by atoms with van der Waals surface area (Å²) in [4.78, 5) is 12.3. The summed E-state index contributed by atoms with van der Waals surface area (Å²) in [6, 6.07) is 4.86. The molecule has 0 spiro atoms. The number of amides is 1. The molecule has 1 amide bonds. The number of carbonyl (C=O) groups excluding carboxylic acids is 1. The van der Waals surface area contributed by atoms with Crippen molar-refractivity contribution in [2.45, 2.75) is 19.9 Å². The van der Waals surface area contributed by atoms with Gasteiger partial charge in [-0.25, -0.2) is 4.63 Å². The van der Waals surface area contributed by atoms with Gasteiger partial charge in [-0.05, 0) is 38.1 Å². The molecule has 0 bridgehead atoms. The molecule has 0 aliphatic rings. The van der Waals surface area contributed by atoms with E-state index in [1.165, 1.54) is 0 Å². The molecule has 8 heteroatoms. The summed E-state index contributed by atoms with van der Waals surface area (Å²) in [6.07, 6.45) is 0.692. The summed E-state index contributed by atoms with van der Waals surface area (Å²) < 4.78 is 10.2. The number of ether oxygens (including phenoxy) is 1. The molecule has 2 rings (SSSR count). The number of halogens is 1. The number of rotatable bonds is 7. The van der Waals surface area contributed by atoms with Crippen LogP contribution in [0.1, 0.15) is 28.2 Å². The van der Waals surface area contributed by atoms with Gasteiger partial charge < -0.3 is 15.8 Å². The molecule has 0 fully saturated rings. The zero-order valence-electron chi connectivity index (χ0n) is 12.1. The predicted molar refractivity (Wildman–Crippen MR) is 80.8 cm³/mol. The second-order valence-electron chi connectivity index (χ2n) is 4.61. The first-order chi connectivity index (χ1) is 10.6. The van der Waals surface area contributed by atoms with E-state index in [0.717, 1.165) is 0 Å². The number of nitrogens with zero attached hydrogens (tertiary/aromatic N) is 2. The Bertz CT molecular complexity index is 645. The molecule has 2 aromatic rings. The lowest BCUT2D eigenvalue weighted by Crippen LogP contribution is -2.24. The van der Waals surface area contributed by atoms with Gasteiger partial charge in [0, 0.05) is 5.02 Å². The van der Waals surface area contributed by atoms with Crippen LogP contribution in [0.25, 0.3) is 0 Å². The summed E-state index contributed by atoms with van der Waals surface area (Å²) >= 11 is 5.95. The SMILES string of the molecule is Cc1nonc1CNC(=O)c1ccc(Cl)cc1OCCCN. The average molecular weight is 325 g/mol. The summed E-state index contributed by atoms with van der Waals surface area (Å²) in [5, 5.41) is 10.6. The number of nitrogens with two attached hydrogens (primary N) is 1. The minimum absolute atomic E-state index is 0.221. The zero-order valence-corrected chi connectivity index (χ0v) is 12.9. The van der Waals surface area contributed by atoms with Gasteiger partial charge in [0.05, 0.1) is 18.7 Å². The molecule has 1 aromatic heterocycles. The Labute approximate surface area is 132 Å². The van der Waals surface area contributed by atoms with Crippen LogP contribution in [-0.2, 0) is 6.54 Å². The number of hydrogen-bond acceptors (Lipinski definition) is 6. The third-order valence-corrected chi connectivity index (χ3v) is 3.19. The molecule has 0 radical (unpaired) electrons. The van der Waals surface area contributed by atoms with Crippen LogP contribution in [0, 0.1) is 6.92 Å². The molecule has 0 aliphatic heterocycles. The third kappa shape index (κ3) is 4.19. The van der Waals surface area contributed by atoms with Crippen molar-refractivity contribution < 1.29 is 14.2 Å². The van der Waals surface area contributed by atoms with Crippen molar-refractivity contribution >= 4 is 17.5 Å². The summed E-state index contributed by atoms with van der Waals surface area (Å²) in [6.45, 7) is 2.91. The number of hydrogen-bond donors (Lipinski definition) is 2. The summed E-state index contributed by atoms with van der Waals surface area (Å²) in [5.74, 6) is 0.135. The monoisotopic (exact) mass is 324 g/mol. The Morgan fingerprint density at radius 3 is 2.95 bits per heavy atom. The van der Waals surface area contributed by atoms with Crippen molar-refractivity contribution in [2.75, 3.05) is 13.2 Å². The van der Waals surface area contributed by atoms with Crippen molar-refractivity contribution in [2.24, 2.45) is 5.73 Å². The lowest BCUT2D eigenvalue weighted by atomic mass is 10.2. The van der Waals surface area contributed by atoms with Gasteiger partial charge in [0.1, 0.15) is 17.1 Å². The van der Waals surface area contributed by atoms with Gasteiger partial charge in [0.25, 0.3) is 5.91 Å². The van der Waals surface area contributed by atoms with Crippen LogP contribution >= 0.6 is 11.6 Å². The van der Waals surface area contributed by atoms with Crippen LogP contribution in [0.15, 0.2) is 22.8 Å². The van der Waals surface area contributed by atoms with Gasteiger partial charge in [0.2, 0.25) is 0 Å². The molecule has 0 saturated carbocycles. The fourth-order valence-electron chi connectivity index (χ4n) is 1.74. The van der Waals surface area contributed by atoms with E-state index in [1.54, 1.807) is 25.1 Å². The van der Waals surface area contributed by atoms with Crippen molar-refractivity contribution in [3.05, 3.63) is 40.2 Å². The quantitative estimate of drug-likeness (QED) is 0.751. The van der Waals surface area contributed by atoms with Crippen LogP contribution in [0.2, 0.25) is 5.02 Å². The van der Waals surface area contributed by atoms with E-state index in [9.17, 15) is 4.79 Å². The highest BCUT2D eigenvalue weighted by atomic mass is 35.5. The molecule has 1 aromatic carbocycles. The molecule has 0 saturated heterocycles. The highest BCUT2D eigenvalue weighted by Gasteiger charge is 2.14. The van der Waals surface area contributed by atoms with E-state index in [0.29, 0.717) is 47.3 Å². The topological polar surface area (TPSA) is 103 Å². The minimum atomic E-state index is -0.290. The number of aromatic nitrogens is 2. The van der Waals surface area contributed by atoms with Crippen LogP contribution in [0.4, 0.5) is 0 Å². The molecule has 22 heavy (non-hydrogen) atoms. The van der Waals surface area contributed by atoms with Gasteiger partial charge in [-0.15, -0.1) is 0 Å². The van der Waals surface area contributed by atoms with Gasteiger partial charge in [-0.3, -0.25) is 4.79 Å². The summed E-state index contributed by atoms with van der Waals surface area (Å²) in [5.41, 5.74) is 7.04. The Balaban J connectivity index is 2.06. The van der Waals surface area contributed by atoms with E-state index >= 15 is 0 Å². The number of benzene rings is 1. The highest BCUT2D eigenvalue weighted by molar-refractivity contribution is 6.30. The minimum Gasteiger partial charge on any atom is -0.493 e. The molecule has 7 nitrogen and oxygen atoms in total. The maximum Gasteiger partial charge on any atom is 0.255 e. The maximum atomic E-state index is 12.3. The Hall–Kier alpha value is -2.12.